The first-order chi connectivity index (χ1) is 16.0. The van der Waals surface area contributed by atoms with Crippen LogP contribution in [0.4, 0.5) is 5.69 Å². The van der Waals surface area contributed by atoms with E-state index in [2.05, 4.69) is 17.3 Å². The molecule has 6 nitrogen and oxygen atoms in total. The topological polar surface area (TPSA) is 65.8 Å². The summed E-state index contributed by atoms with van der Waals surface area (Å²) >= 11 is 6.20. The molecule has 1 saturated heterocycles. The Bertz CT molecular complexity index is 1260. The molecule has 0 atom stereocenters. The van der Waals surface area contributed by atoms with Crippen LogP contribution in [0.15, 0.2) is 59.0 Å². The van der Waals surface area contributed by atoms with Crippen LogP contribution in [0.1, 0.15) is 28.1 Å². The van der Waals surface area contributed by atoms with E-state index in [4.69, 9.17) is 16.0 Å². The number of rotatable bonds is 3. The predicted molar refractivity (Wildman–Crippen MR) is 130 cm³/mol. The Hall–Kier alpha value is -3.35. The Kier molecular flexibility index (Phi) is 5.79. The zero-order chi connectivity index (χ0) is 22.9. The number of benzene rings is 2. The summed E-state index contributed by atoms with van der Waals surface area (Å²) in [4.78, 5) is 29.7. The highest BCUT2D eigenvalue weighted by atomic mass is 35.5. The Morgan fingerprint density at radius 1 is 1.06 bits per heavy atom. The van der Waals surface area contributed by atoms with E-state index >= 15 is 0 Å². The molecule has 0 spiro atoms. The fourth-order valence-corrected chi connectivity index (χ4v) is 4.51. The summed E-state index contributed by atoms with van der Waals surface area (Å²) in [7, 11) is 2.08. The molecule has 0 radical (unpaired) electrons. The zero-order valence-electron chi connectivity index (χ0n) is 18.3. The molecule has 2 aliphatic rings. The maximum absolute atomic E-state index is 13.1. The van der Waals surface area contributed by atoms with Gasteiger partial charge in [-0.2, -0.15) is 0 Å². The Morgan fingerprint density at radius 3 is 2.79 bits per heavy atom. The van der Waals surface area contributed by atoms with Crippen molar-refractivity contribution in [2.24, 2.45) is 0 Å². The van der Waals surface area contributed by atoms with Crippen LogP contribution in [-0.4, -0.2) is 54.8 Å². The average Bonchev–Trinajstić information content (AvgIpc) is 3.34. The molecule has 0 unspecified atom stereocenters. The van der Waals surface area contributed by atoms with Crippen LogP contribution < -0.4 is 5.32 Å². The summed E-state index contributed by atoms with van der Waals surface area (Å²) in [5.74, 6) is 1.01. The molecule has 5 rings (SSSR count). The van der Waals surface area contributed by atoms with Crippen molar-refractivity contribution in [3.63, 3.8) is 0 Å². The number of anilines is 1. The molecule has 0 aliphatic carbocycles. The summed E-state index contributed by atoms with van der Waals surface area (Å²) in [5.41, 5.74) is 3.33. The van der Waals surface area contributed by atoms with Crippen LogP contribution in [0.2, 0.25) is 5.02 Å². The number of nitrogens with one attached hydrogen (secondary N) is 1. The Balaban J connectivity index is 1.39. The number of furan rings is 1. The second-order valence-corrected chi connectivity index (χ2v) is 8.81. The van der Waals surface area contributed by atoms with E-state index in [0.29, 0.717) is 33.4 Å². The summed E-state index contributed by atoms with van der Waals surface area (Å²) < 4.78 is 6.02. The van der Waals surface area contributed by atoms with Crippen molar-refractivity contribution >= 4 is 40.8 Å². The maximum atomic E-state index is 13.1. The number of para-hydroxylation sites is 1. The summed E-state index contributed by atoms with van der Waals surface area (Å²) in [6.45, 7) is 3.37. The van der Waals surface area contributed by atoms with Gasteiger partial charge in [-0.15, -0.1) is 0 Å². The minimum absolute atomic E-state index is 0.0390. The second kappa shape index (κ2) is 8.89. The lowest BCUT2D eigenvalue weighted by Crippen LogP contribution is -2.34. The molecule has 1 aromatic heterocycles. The molecule has 2 aliphatic heterocycles. The maximum Gasteiger partial charge on any atom is 0.256 e. The van der Waals surface area contributed by atoms with Crippen molar-refractivity contribution in [2.45, 2.75) is 6.42 Å². The van der Waals surface area contributed by atoms with E-state index in [1.54, 1.807) is 12.1 Å². The number of carbonyl (C=O) groups excluding carboxylic acids is 2. The fraction of sp³-hybridized carbons (Fsp3) is 0.231. The van der Waals surface area contributed by atoms with Gasteiger partial charge in [0, 0.05) is 36.3 Å². The van der Waals surface area contributed by atoms with Gasteiger partial charge in [0.1, 0.15) is 11.5 Å². The number of nitrogens with zero attached hydrogens (tertiary/aromatic N) is 2. The van der Waals surface area contributed by atoms with Crippen LogP contribution in [0.25, 0.3) is 23.0 Å². The number of carbonyl (C=O) groups is 2. The number of halogens is 1. The normalized spacial score (nSPS) is 17.7. The van der Waals surface area contributed by atoms with E-state index in [-0.39, 0.29) is 11.8 Å². The van der Waals surface area contributed by atoms with Crippen molar-refractivity contribution in [1.82, 2.24) is 9.80 Å². The molecule has 3 heterocycles. The van der Waals surface area contributed by atoms with Crippen molar-refractivity contribution in [3.8, 4) is 11.3 Å². The molecule has 168 valence electrons. The first-order valence-corrected chi connectivity index (χ1v) is 11.4. The number of likely N-dealkylation sites (N-methyl/N-ethyl adjacent to an activating group) is 1. The van der Waals surface area contributed by atoms with Crippen LogP contribution in [0.3, 0.4) is 0 Å². The molecule has 33 heavy (non-hydrogen) atoms. The van der Waals surface area contributed by atoms with E-state index in [0.717, 1.165) is 43.7 Å². The van der Waals surface area contributed by atoms with Crippen molar-refractivity contribution < 1.29 is 14.0 Å². The largest absolute Gasteiger partial charge is 0.457 e. The van der Waals surface area contributed by atoms with Gasteiger partial charge in [0.15, 0.2) is 0 Å². The highest BCUT2D eigenvalue weighted by molar-refractivity contribution is 6.41. The third-order valence-corrected chi connectivity index (χ3v) is 6.42. The van der Waals surface area contributed by atoms with Crippen molar-refractivity contribution in [1.29, 1.82) is 0 Å². The standard InChI is InChI=1S/C26H24ClN3O3/c1-29-11-4-12-30(14-13-29)26(32)18-6-2-5-17(15-18)23-10-9-19(33-23)16-21-20-7-3-8-22(27)24(20)28-25(21)31/h2-3,5-10,15-16H,4,11-14H2,1H3,(H,28,31). The van der Waals surface area contributed by atoms with Gasteiger partial charge in [0.25, 0.3) is 11.8 Å². The molecule has 3 aromatic rings. The molecule has 2 aromatic carbocycles. The van der Waals surface area contributed by atoms with Crippen LogP contribution in [0.5, 0.6) is 0 Å². The van der Waals surface area contributed by atoms with Crippen LogP contribution in [0, 0.1) is 0 Å². The van der Waals surface area contributed by atoms with Gasteiger partial charge in [-0.1, -0.05) is 35.9 Å². The van der Waals surface area contributed by atoms with Crippen molar-refractivity contribution in [3.05, 3.63) is 76.5 Å². The number of hydrogen-bond donors (Lipinski definition) is 1. The van der Waals surface area contributed by atoms with Gasteiger partial charge in [0.05, 0.1) is 16.3 Å². The van der Waals surface area contributed by atoms with E-state index in [1.165, 1.54) is 0 Å². The summed E-state index contributed by atoms with van der Waals surface area (Å²) in [6.07, 6.45) is 2.68. The summed E-state index contributed by atoms with van der Waals surface area (Å²) in [6, 6.07) is 16.6. The molecule has 1 N–H and O–H groups in total. The molecular weight excluding hydrogens is 438 g/mol. The first-order valence-electron chi connectivity index (χ1n) is 11.0. The molecule has 0 saturated carbocycles. The van der Waals surface area contributed by atoms with Gasteiger partial charge in [-0.05, 0) is 56.4 Å². The van der Waals surface area contributed by atoms with Crippen LogP contribution in [-0.2, 0) is 4.79 Å². The number of amides is 2. The number of fused-ring (bicyclic) bond motifs is 1. The van der Waals surface area contributed by atoms with Gasteiger partial charge in [-0.3, -0.25) is 9.59 Å². The molecule has 0 bridgehead atoms. The Labute approximate surface area is 197 Å². The van der Waals surface area contributed by atoms with Gasteiger partial charge in [-0.25, -0.2) is 0 Å². The minimum atomic E-state index is -0.216. The SMILES string of the molecule is CN1CCCN(C(=O)c2cccc(-c3ccc(C=C4C(=O)Nc5c(Cl)cccc54)o3)c2)CC1. The zero-order valence-corrected chi connectivity index (χ0v) is 19.1. The van der Waals surface area contributed by atoms with Crippen LogP contribution >= 0.6 is 11.6 Å². The smallest absolute Gasteiger partial charge is 0.256 e. The highest BCUT2D eigenvalue weighted by Crippen LogP contribution is 2.38. The van der Waals surface area contributed by atoms with E-state index < -0.39 is 0 Å². The summed E-state index contributed by atoms with van der Waals surface area (Å²) in [5, 5.41) is 3.31. The third-order valence-electron chi connectivity index (χ3n) is 6.10. The molecular formula is C26H24ClN3O3. The monoisotopic (exact) mass is 461 g/mol. The highest BCUT2D eigenvalue weighted by Gasteiger charge is 2.26. The van der Waals surface area contributed by atoms with Gasteiger partial charge in [0.2, 0.25) is 0 Å². The molecule has 7 heteroatoms. The molecule has 1 fully saturated rings. The average molecular weight is 462 g/mol. The lowest BCUT2D eigenvalue weighted by Gasteiger charge is -2.20. The second-order valence-electron chi connectivity index (χ2n) is 8.41. The van der Waals surface area contributed by atoms with Crippen molar-refractivity contribution in [2.75, 3.05) is 38.5 Å². The minimum Gasteiger partial charge on any atom is -0.457 e. The van der Waals surface area contributed by atoms with E-state index in [9.17, 15) is 9.59 Å². The van der Waals surface area contributed by atoms with E-state index in [1.807, 2.05) is 53.4 Å². The first kappa shape index (κ1) is 21.5. The third kappa shape index (κ3) is 4.32. The quantitative estimate of drug-likeness (QED) is 0.565. The number of hydrogen-bond acceptors (Lipinski definition) is 4. The molecule has 2 amide bonds. The van der Waals surface area contributed by atoms with Gasteiger partial charge < -0.3 is 19.5 Å². The lowest BCUT2D eigenvalue weighted by molar-refractivity contribution is -0.110. The fourth-order valence-electron chi connectivity index (χ4n) is 4.29. The lowest BCUT2D eigenvalue weighted by atomic mass is 10.1. The predicted octanol–water partition coefficient (Wildman–Crippen LogP) is 4.87. The Morgan fingerprint density at radius 2 is 1.91 bits per heavy atom. The van der Waals surface area contributed by atoms with Gasteiger partial charge >= 0.3 is 0 Å².